The SMILES string of the molecule is COc1ncc(C(=O)NC2CC3(CCC3)C2)c2c1ccn2Cc1ccc(-c2ccccc2)cc1. The van der Waals surface area contributed by atoms with E-state index in [1.165, 1.54) is 36.0 Å². The molecule has 5 heteroatoms. The summed E-state index contributed by atoms with van der Waals surface area (Å²) in [4.78, 5) is 17.7. The van der Waals surface area contributed by atoms with E-state index in [-0.39, 0.29) is 11.9 Å². The van der Waals surface area contributed by atoms with E-state index in [4.69, 9.17) is 4.74 Å². The Morgan fingerprint density at radius 3 is 2.47 bits per heavy atom. The molecule has 1 N–H and O–H groups in total. The summed E-state index contributed by atoms with van der Waals surface area (Å²) in [6.07, 6.45) is 9.87. The fourth-order valence-corrected chi connectivity index (χ4v) is 5.73. The zero-order chi connectivity index (χ0) is 23.1. The molecule has 0 atom stereocenters. The smallest absolute Gasteiger partial charge is 0.255 e. The Balaban J connectivity index is 1.27. The van der Waals surface area contributed by atoms with Gasteiger partial charge in [-0.3, -0.25) is 4.79 Å². The normalized spacial score (nSPS) is 16.7. The molecule has 2 aromatic heterocycles. The quantitative estimate of drug-likeness (QED) is 0.402. The Bertz CT molecular complexity index is 1330. The highest BCUT2D eigenvalue weighted by Gasteiger charge is 2.48. The number of pyridine rings is 1. The largest absolute Gasteiger partial charge is 0.481 e. The summed E-state index contributed by atoms with van der Waals surface area (Å²) in [5.74, 6) is 0.500. The second-order valence-corrected chi connectivity index (χ2v) is 9.88. The third-order valence-corrected chi connectivity index (χ3v) is 7.72. The van der Waals surface area contributed by atoms with Crippen molar-refractivity contribution in [2.45, 2.75) is 44.7 Å². The summed E-state index contributed by atoms with van der Waals surface area (Å²) in [5.41, 5.74) is 5.57. The van der Waals surface area contributed by atoms with E-state index in [1.807, 2.05) is 18.3 Å². The van der Waals surface area contributed by atoms with E-state index in [0.29, 0.717) is 23.4 Å². The van der Waals surface area contributed by atoms with Gasteiger partial charge in [0.2, 0.25) is 5.88 Å². The van der Waals surface area contributed by atoms with Gasteiger partial charge < -0.3 is 14.6 Å². The van der Waals surface area contributed by atoms with Crippen LogP contribution in [0.15, 0.2) is 73.1 Å². The number of fused-ring (bicyclic) bond motifs is 1. The second-order valence-electron chi connectivity index (χ2n) is 9.88. The fraction of sp³-hybridized carbons (Fsp3) is 0.310. The highest BCUT2D eigenvalue weighted by atomic mass is 16.5. The van der Waals surface area contributed by atoms with Gasteiger partial charge in [0.05, 0.1) is 23.6 Å². The Morgan fingerprint density at radius 1 is 1.06 bits per heavy atom. The van der Waals surface area contributed by atoms with Crippen LogP contribution in [0.4, 0.5) is 0 Å². The van der Waals surface area contributed by atoms with Gasteiger partial charge in [-0.1, -0.05) is 61.0 Å². The summed E-state index contributed by atoms with van der Waals surface area (Å²) < 4.78 is 7.62. The molecule has 0 aliphatic heterocycles. The first-order valence-corrected chi connectivity index (χ1v) is 12.1. The van der Waals surface area contributed by atoms with Gasteiger partial charge in [0.15, 0.2) is 0 Å². The molecule has 6 rings (SSSR count). The molecule has 172 valence electrons. The third kappa shape index (κ3) is 3.65. The molecule has 34 heavy (non-hydrogen) atoms. The van der Waals surface area contributed by atoms with Gasteiger partial charge in [-0.25, -0.2) is 4.98 Å². The van der Waals surface area contributed by atoms with Gasteiger partial charge >= 0.3 is 0 Å². The van der Waals surface area contributed by atoms with Crippen LogP contribution in [0.1, 0.15) is 48.0 Å². The van der Waals surface area contributed by atoms with Crippen molar-refractivity contribution in [1.29, 1.82) is 0 Å². The maximum absolute atomic E-state index is 13.3. The van der Waals surface area contributed by atoms with E-state index in [9.17, 15) is 4.79 Å². The molecule has 2 aliphatic carbocycles. The van der Waals surface area contributed by atoms with Crippen molar-refractivity contribution >= 4 is 16.8 Å². The molecule has 2 fully saturated rings. The van der Waals surface area contributed by atoms with Gasteiger partial charge in [-0.15, -0.1) is 0 Å². The average molecular weight is 452 g/mol. The number of nitrogens with zero attached hydrogens (tertiary/aromatic N) is 2. The van der Waals surface area contributed by atoms with E-state index in [2.05, 4.69) is 63.4 Å². The Hall–Kier alpha value is -3.60. The lowest BCUT2D eigenvalue weighted by atomic mass is 9.54. The molecule has 1 amide bonds. The minimum Gasteiger partial charge on any atom is -0.481 e. The van der Waals surface area contributed by atoms with Crippen molar-refractivity contribution in [3.63, 3.8) is 0 Å². The van der Waals surface area contributed by atoms with Gasteiger partial charge in [-0.2, -0.15) is 0 Å². The van der Waals surface area contributed by atoms with Crippen molar-refractivity contribution in [1.82, 2.24) is 14.9 Å². The van der Waals surface area contributed by atoms with Crippen molar-refractivity contribution in [3.05, 3.63) is 84.2 Å². The maximum atomic E-state index is 13.3. The molecule has 0 bridgehead atoms. The van der Waals surface area contributed by atoms with Crippen molar-refractivity contribution in [2.24, 2.45) is 5.41 Å². The summed E-state index contributed by atoms with van der Waals surface area (Å²) in [7, 11) is 1.62. The predicted molar refractivity (Wildman–Crippen MR) is 134 cm³/mol. The second kappa shape index (κ2) is 8.32. The maximum Gasteiger partial charge on any atom is 0.255 e. The molecule has 5 nitrogen and oxygen atoms in total. The van der Waals surface area contributed by atoms with E-state index < -0.39 is 0 Å². The molecule has 0 saturated heterocycles. The van der Waals surface area contributed by atoms with E-state index in [1.54, 1.807) is 13.3 Å². The monoisotopic (exact) mass is 451 g/mol. The summed E-state index contributed by atoms with van der Waals surface area (Å²) >= 11 is 0. The van der Waals surface area contributed by atoms with Crippen LogP contribution in [0.2, 0.25) is 0 Å². The molecular formula is C29H29N3O2. The summed E-state index contributed by atoms with van der Waals surface area (Å²) in [5, 5.41) is 4.12. The molecule has 2 aromatic carbocycles. The molecule has 0 radical (unpaired) electrons. The van der Waals surface area contributed by atoms with Crippen LogP contribution in [0, 0.1) is 5.41 Å². The van der Waals surface area contributed by atoms with Crippen molar-refractivity contribution in [3.8, 4) is 17.0 Å². The molecule has 2 heterocycles. The van der Waals surface area contributed by atoms with Gasteiger partial charge in [0.25, 0.3) is 5.91 Å². The van der Waals surface area contributed by atoms with Gasteiger partial charge in [0, 0.05) is 25.0 Å². The van der Waals surface area contributed by atoms with Crippen molar-refractivity contribution < 1.29 is 9.53 Å². The van der Waals surface area contributed by atoms with E-state index in [0.717, 1.165) is 23.7 Å². The number of hydrogen-bond donors (Lipinski definition) is 1. The zero-order valence-electron chi connectivity index (χ0n) is 19.5. The number of amides is 1. The van der Waals surface area contributed by atoms with Crippen LogP contribution in [0.25, 0.3) is 22.0 Å². The topological polar surface area (TPSA) is 56.1 Å². The number of carbonyl (C=O) groups is 1. The summed E-state index contributed by atoms with van der Waals surface area (Å²) in [6, 6.07) is 21.2. The number of carbonyl (C=O) groups excluding carboxylic acids is 1. The molecule has 2 aliphatic rings. The van der Waals surface area contributed by atoms with E-state index >= 15 is 0 Å². The Kier molecular flexibility index (Phi) is 5.13. The van der Waals surface area contributed by atoms with Crippen LogP contribution in [-0.2, 0) is 6.54 Å². The van der Waals surface area contributed by atoms with Crippen LogP contribution in [-0.4, -0.2) is 28.6 Å². The molecular weight excluding hydrogens is 422 g/mol. The molecule has 1 spiro atoms. The van der Waals surface area contributed by atoms with Gasteiger partial charge in [-0.05, 0) is 53.9 Å². The molecule has 4 aromatic rings. The highest BCUT2D eigenvalue weighted by molar-refractivity contribution is 6.07. The van der Waals surface area contributed by atoms with Crippen LogP contribution in [0.5, 0.6) is 5.88 Å². The number of benzene rings is 2. The number of ether oxygens (including phenoxy) is 1. The number of nitrogens with one attached hydrogen (secondary N) is 1. The number of rotatable bonds is 6. The Morgan fingerprint density at radius 2 is 1.79 bits per heavy atom. The van der Waals surface area contributed by atoms with Crippen LogP contribution >= 0.6 is 0 Å². The first kappa shape index (κ1) is 21.0. The zero-order valence-corrected chi connectivity index (χ0v) is 19.5. The minimum absolute atomic E-state index is 0.0429. The Labute approximate surface area is 199 Å². The van der Waals surface area contributed by atoms with Crippen LogP contribution < -0.4 is 10.1 Å². The number of aromatic nitrogens is 2. The average Bonchev–Trinajstić information content (AvgIpc) is 3.24. The van der Waals surface area contributed by atoms with Crippen LogP contribution in [0.3, 0.4) is 0 Å². The predicted octanol–water partition coefficient (Wildman–Crippen LogP) is 5.82. The standard InChI is InChI=1S/C29H29N3O2/c1-34-28-24-12-15-32(19-20-8-10-22(11-9-20)21-6-3-2-4-7-21)26(24)25(18-30-28)27(33)31-23-16-29(17-23)13-5-14-29/h2-4,6-12,15,18,23H,5,13-14,16-17,19H2,1H3,(H,31,33). The minimum atomic E-state index is -0.0429. The summed E-state index contributed by atoms with van der Waals surface area (Å²) in [6.45, 7) is 0.665. The first-order valence-electron chi connectivity index (χ1n) is 12.1. The third-order valence-electron chi connectivity index (χ3n) is 7.72. The highest BCUT2D eigenvalue weighted by Crippen LogP contribution is 2.55. The van der Waals surface area contributed by atoms with Gasteiger partial charge in [0.1, 0.15) is 0 Å². The fourth-order valence-electron chi connectivity index (χ4n) is 5.73. The number of methoxy groups -OCH3 is 1. The lowest BCUT2D eigenvalue weighted by molar-refractivity contribution is -0.000607. The lowest BCUT2D eigenvalue weighted by Crippen LogP contribution is -2.53. The first-order chi connectivity index (χ1) is 16.6. The van der Waals surface area contributed by atoms with Crippen molar-refractivity contribution in [2.75, 3.05) is 7.11 Å². The lowest BCUT2D eigenvalue weighted by Gasteiger charge is -2.54. The molecule has 0 unspecified atom stereocenters. The molecule has 2 saturated carbocycles. The number of hydrogen-bond acceptors (Lipinski definition) is 3.